The number of hydrogen-bond donors (Lipinski definition) is 1. The standard InChI is InChI=1S/C15H17NO5S3/c1-2-8-21-12-5-3-11(4-6-12)10-13-14(17)16(15(22)23-13)7-9-24(18,19)20/h3-6,10H,2,7-9H2,1H3,(H,18,19,20)/b13-10-. The van der Waals surface area contributed by atoms with Crippen molar-refractivity contribution in [3.8, 4) is 5.75 Å². The molecule has 0 aliphatic carbocycles. The highest BCUT2D eigenvalue weighted by atomic mass is 32.2. The van der Waals surface area contributed by atoms with Crippen molar-refractivity contribution in [3.05, 3.63) is 34.7 Å². The molecular formula is C15H17NO5S3. The number of benzene rings is 1. The Bertz CT molecular complexity index is 756. The molecule has 6 nitrogen and oxygen atoms in total. The summed E-state index contributed by atoms with van der Waals surface area (Å²) in [6.45, 7) is 2.51. The van der Waals surface area contributed by atoms with Crippen LogP contribution in [-0.4, -0.2) is 47.0 Å². The Balaban J connectivity index is 2.07. The number of carbonyl (C=O) groups excluding carboxylic acids is 1. The predicted molar refractivity (Wildman–Crippen MR) is 98.5 cm³/mol. The molecule has 1 aliphatic heterocycles. The van der Waals surface area contributed by atoms with Crippen LogP contribution in [0.15, 0.2) is 29.2 Å². The first-order valence-electron chi connectivity index (χ1n) is 7.23. The zero-order valence-corrected chi connectivity index (χ0v) is 15.4. The van der Waals surface area contributed by atoms with E-state index < -0.39 is 15.9 Å². The average Bonchev–Trinajstić information content (AvgIpc) is 2.78. The molecule has 1 heterocycles. The molecule has 1 aromatic carbocycles. The second kappa shape index (κ2) is 8.11. The Kier molecular flexibility index (Phi) is 6.39. The first-order valence-corrected chi connectivity index (χ1v) is 10.1. The molecule has 24 heavy (non-hydrogen) atoms. The second-order valence-corrected chi connectivity index (χ2v) is 8.28. The third-order valence-electron chi connectivity index (χ3n) is 3.10. The van der Waals surface area contributed by atoms with Crippen LogP contribution in [0.5, 0.6) is 5.75 Å². The van der Waals surface area contributed by atoms with E-state index in [0.717, 1.165) is 29.5 Å². The van der Waals surface area contributed by atoms with E-state index in [4.69, 9.17) is 21.5 Å². The molecule has 0 atom stereocenters. The van der Waals surface area contributed by atoms with Crippen molar-refractivity contribution < 1.29 is 22.5 Å². The number of thioether (sulfide) groups is 1. The minimum Gasteiger partial charge on any atom is -0.494 e. The summed E-state index contributed by atoms with van der Waals surface area (Å²) in [6, 6.07) is 7.30. The summed E-state index contributed by atoms with van der Waals surface area (Å²) in [5.74, 6) is -0.148. The lowest BCUT2D eigenvalue weighted by Gasteiger charge is -2.12. The van der Waals surface area contributed by atoms with Gasteiger partial charge in [0.1, 0.15) is 10.1 Å². The number of rotatable bonds is 7. The van der Waals surface area contributed by atoms with Crippen molar-refractivity contribution in [2.24, 2.45) is 0 Å². The highest BCUT2D eigenvalue weighted by molar-refractivity contribution is 8.26. The molecule has 0 spiro atoms. The van der Waals surface area contributed by atoms with Crippen molar-refractivity contribution in [3.63, 3.8) is 0 Å². The Labute approximate surface area is 150 Å². The number of hydrogen-bond acceptors (Lipinski definition) is 6. The molecular weight excluding hydrogens is 370 g/mol. The molecule has 1 aromatic rings. The van der Waals surface area contributed by atoms with Crippen LogP contribution in [0.25, 0.3) is 6.08 Å². The Morgan fingerprint density at radius 3 is 2.58 bits per heavy atom. The van der Waals surface area contributed by atoms with Crippen molar-refractivity contribution in [2.45, 2.75) is 13.3 Å². The lowest BCUT2D eigenvalue weighted by Crippen LogP contribution is -2.32. The van der Waals surface area contributed by atoms with Crippen LogP contribution in [-0.2, 0) is 14.9 Å². The monoisotopic (exact) mass is 387 g/mol. The quantitative estimate of drug-likeness (QED) is 0.437. The van der Waals surface area contributed by atoms with Gasteiger partial charge in [-0.3, -0.25) is 14.2 Å². The number of carbonyl (C=O) groups is 1. The summed E-state index contributed by atoms with van der Waals surface area (Å²) in [5, 5.41) is 0. The fourth-order valence-electron chi connectivity index (χ4n) is 1.93. The smallest absolute Gasteiger partial charge is 0.266 e. The van der Waals surface area contributed by atoms with Gasteiger partial charge in [0, 0.05) is 6.54 Å². The van der Waals surface area contributed by atoms with Crippen LogP contribution in [0.1, 0.15) is 18.9 Å². The summed E-state index contributed by atoms with van der Waals surface area (Å²) in [6.07, 6.45) is 2.62. The highest BCUT2D eigenvalue weighted by Gasteiger charge is 2.32. The van der Waals surface area contributed by atoms with E-state index in [0.29, 0.717) is 11.5 Å². The Morgan fingerprint density at radius 1 is 1.33 bits per heavy atom. The van der Waals surface area contributed by atoms with Gasteiger partial charge in [0.15, 0.2) is 0 Å². The maximum Gasteiger partial charge on any atom is 0.266 e. The van der Waals surface area contributed by atoms with Gasteiger partial charge < -0.3 is 4.74 Å². The van der Waals surface area contributed by atoms with Gasteiger partial charge in [0.25, 0.3) is 16.0 Å². The summed E-state index contributed by atoms with van der Waals surface area (Å²) >= 11 is 6.21. The first kappa shape index (κ1) is 18.9. The van der Waals surface area contributed by atoms with Crippen molar-refractivity contribution in [2.75, 3.05) is 18.9 Å². The van der Waals surface area contributed by atoms with Gasteiger partial charge >= 0.3 is 0 Å². The van der Waals surface area contributed by atoms with E-state index in [1.165, 1.54) is 4.90 Å². The summed E-state index contributed by atoms with van der Waals surface area (Å²) in [5.41, 5.74) is 0.814. The van der Waals surface area contributed by atoms with E-state index in [1.54, 1.807) is 6.08 Å². The molecule has 0 unspecified atom stereocenters. The molecule has 130 valence electrons. The SMILES string of the molecule is CCCOc1ccc(/C=C2\SC(=S)N(CCS(=O)(=O)O)C2=O)cc1. The summed E-state index contributed by atoms with van der Waals surface area (Å²) < 4.78 is 36.2. The van der Waals surface area contributed by atoms with Crippen LogP contribution < -0.4 is 4.74 Å². The third kappa shape index (κ3) is 5.30. The lowest BCUT2D eigenvalue weighted by atomic mass is 10.2. The van der Waals surface area contributed by atoms with E-state index in [1.807, 2.05) is 31.2 Å². The van der Waals surface area contributed by atoms with Gasteiger partial charge in [-0.15, -0.1) is 0 Å². The van der Waals surface area contributed by atoms with Gasteiger partial charge in [-0.05, 0) is 30.2 Å². The average molecular weight is 388 g/mol. The summed E-state index contributed by atoms with van der Waals surface area (Å²) in [4.78, 5) is 13.9. The van der Waals surface area contributed by atoms with Gasteiger partial charge in [-0.2, -0.15) is 8.42 Å². The van der Waals surface area contributed by atoms with Crippen LogP contribution in [0, 0.1) is 0 Å². The maximum absolute atomic E-state index is 12.3. The molecule has 0 radical (unpaired) electrons. The van der Waals surface area contributed by atoms with Crippen molar-refractivity contribution in [1.29, 1.82) is 0 Å². The van der Waals surface area contributed by atoms with Gasteiger partial charge in [0.2, 0.25) is 0 Å². The Morgan fingerprint density at radius 2 is 2.00 bits per heavy atom. The molecule has 0 saturated carbocycles. The van der Waals surface area contributed by atoms with Crippen LogP contribution >= 0.6 is 24.0 Å². The van der Waals surface area contributed by atoms with E-state index >= 15 is 0 Å². The minimum atomic E-state index is -4.14. The lowest BCUT2D eigenvalue weighted by molar-refractivity contribution is -0.121. The zero-order valence-electron chi connectivity index (χ0n) is 13.0. The fourth-order valence-corrected chi connectivity index (χ4v) is 3.65. The molecule has 0 bridgehead atoms. The molecule has 1 aliphatic rings. The molecule has 1 amide bonds. The van der Waals surface area contributed by atoms with Gasteiger partial charge in [0.05, 0.1) is 17.3 Å². The van der Waals surface area contributed by atoms with Crippen LogP contribution in [0.4, 0.5) is 0 Å². The molecule has 9 heteroatoms. The van der Waals surface area contributed by atoms with Crippen LogP contribution in [0.3, 0.4) is 0 Å². The third-order valence-corrected chi connectivity index (χ3v) is 5.17. The zero-order chi connectivity index (χ0) is 17.7. The molecule has 0 aromatic heterocycles. The fraction of sp³-hybridized carbons (Fsp3) is 0.333. The number of ether oxygens (including phenoxy) is 1. The molecule has 2 rings (SSSR count). The normalized spacial score (nSPS) is 16.9. The largest absolute Gasteiger partial charge is 0.494 e. The molecule has 1 saturated heterocycles. The summed E-state index contributed by atoms with van der Waals surface area (Å²) in [7, 11) is -4.14. The molecule has 1 fully saturated rings. The molecule has 1 N–H and O–H groups in total. The number of nitrogens with zero attached hydrogens (tertiary/aromatic N) is 1. The predicted octanol–water partition coefficient (Wildman–Crippen LogP) is 2.56. The Hall–Kier alpha value is -1.42. The first-order chi connectivity index (χ1) is 11.3. The van der Waals surface area contributed by atoms with Crippen molar-refractivity contribution in [1.82, 2.24) is 4.90 Å². The van der Waals surface area contributed by atoms with Gasteiger partial charge in [-0.1, -0.05) is 43.0 Å². The van der Waals surface area contributed by atoms with Crippen LogP contribution in [0.2, 0.25) is 0 Å². The van der Waals surface area contributed by atoms with Gasteiger partial charge in [-0.25, -0.2) is 0 Å². The van der Waals surface area contributed by atoms with E-state index in [-0.39, 0.29) is 16.8 Å². The minimum absolute atomic E-state index is 0.162. The number of thiocarbonyl (C=S) groups is 1. The second-order valence-electron chi connectivity index (χ2n) is 5.04. The highest BCUT2D eigenvalue weighted by Crippen LogP contribution is 2.32. The van der Waals surface area contributed by atoms with Crippen molar-refractivity contribution >= 4 is 50.4 Å². The maximum atomic E-state index is 12.3. The van der Waals surface area contributed by atoms with E-state index in [9.17, 15) is 13.2 Å². The topological polar surface area (TPSA) is 83.9 Å². The van der Waals surface area contributed by atoms with E-state index in [2.05, 4.69) is 0 Å². The number of amides is 1.